The van der Waals surface area contributed by atoms with Crippen molar-refractivity contribution in [1.82, 2.24) is 4.98 Å². The van der Waals surface area contributed by atoms with Gasteiger partial charge in [0.25, 0.3) is 0 Å². The summed E-state index contributed by atoms with van der Waals surface area (Å²) in [5.74, 6) is 0. The van der Waals surface area contributed by atoms with Crippen LogP contribution in [-0.2, 0) is 5.41 Å². The molecule has 0 aliphatic heterocycles. The largest absolute Gasteiger partial charge is 0.325 e. The molecule has 0 aromatic carbocycles. The first kappa shape index (κ1) is 9.66. The van der Waals surface area contributed by atoms with Crippen molar-refractivity contribution in [3.05, 3.63) is 29.6 Å². The summed E-state index contributed by atoms with van der Waals surface area (Å²) in [5.41, 5.74) is 8.99. The van der Waals surface area contributed by atoms with Gasteiger partial charge in [0.05, 0.1) is 0 Å². The van der Waals surface area contributed by atoms with Crippen LogP contribution in [0.15, 0.2) is 18.5 Å². The Bertz CT molecular complexity index is 346. The SMILES string of the molecule is Cc1cnccc1C1(C(C)(C)N)CC1. The predicted molar refractivity (Wildman–Crippen MR) is 58.2 cm³/mol. The number of nitrogens with zero attached hydrogens (tertiary/aromatic N) is 1. The molecule has 0 atom stereocenters. The Morgan fingerprint density at radius 2 is 2.07 bits per heavy atom. The summed E-state index contributed by atoms with van der Waals surface area (Å²) in [6.07, 6.45) is 6.22. The summed E-state index contributed by atoms with van der Waals surface area (Å²) < 4.78 is 0. The topological polar surface area (TPSA) is 38.9 Å². The van der Waals surface area contributed by atoms with E-state index in [9.17, 15) is 0 Å². The minimum atomic E-state index is -0.126. The van der Waals surface area contributed by atoms with Crippen molar-refractivity contribution in [3.63, 3.8) is 0 Å². The molecule has 1 aliphatic rings. The smallest absolute Gasteiger partial charge is 0.0300 e. The zero-order valence-corrected chi connectivity index (χ0v) is 9.17. The fourth-order valence-corrected chi connectivity index (χ4v) is 2.40. The molecule has 2 rings (SSSR count). The van der Waals surface area contributed by atoms with Gasteiger partial charge in [0.1, 0.15) is 0 Å². The minimum absolute atomic E-state index is 0.126. The lowest BCUT2D eigenvalue weighted by atomic mass is 9.78. The Hall–Kier alpha value is -0.890. The zero-order valence-electron chi connectivity index (χ0n) is 9.17. The van der Waals surface area contributed by atoms with Crippen molar-refractivity contribution in [1.29, 1.82) is 0 Å². The summed E-state index contributed by atoms with van der Waals surface area (Å²) >= 11 is 0. The normalized spacial score (nSPS) is 19.4. The van der Waals surface area contributed by atoms with E-state index in [0.29, 0.717) is 0 Å². The average molecular weight is 190 g/mol. The molecule has 0 radical (unpaired) electrons. The molecule has 2 heteroatoms. The van der Waals surface area contributed by atoms with E-state index < -0.39 is 0 Å². The van der Waals surface area contributed by atoms with E-state index in [2.05, 4.69) is 31.8 Å². The summed E-state index contributed by atoms with van der Waals surface area (Å²) in [4.78, 5) is 4.13. The number of rotatable bonds is 2. The highest BCUT2D eigenvalue weighted by Crippen LogP contribution is 2.55. The first-order valence-electron chi connectivity index (χ1n) is 5.17. The van der Waals surface area contributed by atoms with Crippen molar-refractivity contribution in [3.8, 4) is 0 Å². The highest BCUT2D eigenvalue weighted by Gasteiger charge is 2.54. The molecule has 2 N–H and O–H groups in total. The van der Waals surface area contributed by atoms with Crippen molar-refractivity contribution in [2.24, 2.45) is 5.73 Å². The van der Waals surface area contributed by atoms with E-state index in [1.54, 1.807) is 0 Å². The summed E-state index contributed by atoms with van der Waals surface area (Å²) in [7, 11) is 0. The Morgan fingerprint density at radius 3 is 2.50 bits per heavy atom. The number of pyridine rings is 1. The first-order valence-corrected chi connectivity index (χ1v) is 5.17. The van der Waals surface area contributed by atoms with Gasteiger partial charge in [-0.15, -0.1) is 0 Å². The van der Waals surface area contributed by atoms with E-state index in [1.165, 1.54) is 24.0 Å². The molecule has 14 heavy (non-hydrogen) atoms. The molecule has 0 spiro atoms. The first-order chi connectivity index (χ1) is 6.47. The maximum Gasteiger partial charge on any atom is 0.0300 e. The molecule has 0 saturated heterocycles. The van der Waals surface area contributed by atoms with Gasteiger partial charge in [-0.25, -0.2) is 0 Å². The van der Waals surface area contributed by atoms with Crippen LogP contribution in [0.5, 0.6) is 0 Å². The van der Waals surface area contributed by atoms with Crippen LogP contribution < -0.4 is 5.73 Å². The van der Waals surface area contributed by atoms with E-state index in [0.717, 1.165) is 0 Å². The Morgan fingerprint density at radius 1 is 1.43 bits per heavy atom. The molecule has 0 unspecified atom stereocenters. The number of aryl methyl sites for hydroxylation is 1. The Kier molecular flexibility index (Phi) is 1.93. The van der Waals surface area contributed by atoms with Crippen molar-refractivity contribution in [2.45, 2.75) is 44.6 Å². The number of nitrogens with two attached hydrogens (primary N) is 1. The van der Waals surface area contributed by atoms with Crippen molar-refractivity contribution >= 4 is 0 Å². The lowest BCUT2D eigenvalue weighted by Crippen LogP contribution is -2.45. The van der Waals surface area contributed by atoms with Gasteiger partial charge in [-0.1, -0.05) is 0 Å². The molecule has 1 aromatic heterocycles. The van der Waals surface area contributed by atoms with E-state index in [-0.39, 0.29) is 11.0 Å². The second-order valence-corrected chi connectivity index (χ2v) is 4.99. The van der Waals surface area contributed by atoms with Gasteiger partial charge in [0.15, 0.2) is 0 Å². The lowest BCUT2D eigenvalue weighted by Gasteiger charge is -2.32. The second-order valence-electron chi connectivity index (χ2n) is 4.99. The van der Waals surface area contributed by atoms with Crippen LogP contribution in [0.3, 0.4) is 0 Å². The number of aromatic nitrogens is 1. The fraction of sp³-hybridized carbons (Fsp3) is 0.583. The van der Waals surface area contributed by atoms with Gasteiger partial charge >= 0.3 is 0 Å². The Balaban J connectivity index is 2.46. The van der Waals surface area contributed by atoms with Crippen molar-refractivity contribution in [2.75, 3.05) is 0 Å². The van der Waals surface area contributed by atoms with Crippen LogP contribution in [0.1, 0.15) is 37.8 Å². The molecule has 1 aromatic rings. The minimum Gasteiger partial charge on any atom is -0.325 e. The number of hydrogen-bond donors (Lipinski definition) is 1. The van der Waals surface area contributed by atoms with Gasteiger partial charge < -0.3 is 5.73 Å². The third-order valence-corrected chi connectivity index (χ3v) is 3.52. The van der Waals surface area contributed by atoms with Crippen LogP contribution in [0.4, 0.5) is 0 Å². The fourth-order valence-electron chi connectivity index (χ4n) is 2.40. The molecule has 1 saturated carbocycles. The van der Waals surface area contributed by atoms with Gasteiger partial charge in [-0.05, 0) is 50.8 Å². The second kappa shape index (κ2) is 2.80. The molecule has 2 nitrogen and oxygen atoms in total. The maximum absolute atomic E-state index is 6.26. The standard InChI is InChI=1S/C12H18N2/c1-9-8-14-7-4-10(9)12(5-6-12)11(2,3)13/h4,7-8H,5-6,13H2,1-3H3. The van der Waals surface area contributed by atoms with Gasteiger partial charge in [0.2, 0.25) is 0 Å². The molecule has 0 bridgehead atoms. The highest BCUT2D eigenvalue weighted by molar-refractivity contribution is 5.39. The molecule has 1 heterocycles. The highest BCUT2D eigenvalue weighted by atomic mass is 14.8. The molecule has 76 valence electrons. The molecule has 0 amide bonds. The average Bonchev–Trinajstić information content (AvgIpc) is 2.84. The predicted octanol–water partition coefficient (Wildman–Crippen LogP) is 2.16. The van der Waals surface area contributed by atoms with Crippen LogP contribution in [0.2, 0.25) is 0 Å². The number of hydrogen-bond acceptors (Lipinski definition) is 2. The van der Waals surface area contributed by atoms with Crippen LogP contribution in [-0.4, -0.2) is 10.5 Å². The molecule has 1 aliphatic carbocycles. The molecule has 1 fully saturated rings. The zero-order chi connectivity index (χ0) is 10.4. The van der Waals surface area contributed by atoms with Gasteiger partial charge in [0, 0.05) is 23.3 Å². The van der Waals surface area contributed by atoms with Crippen LogP contribution >= 0.6 is 0 Å². The van der Waals surface area contributed by atoms with Gasteiger partial charge in [-0.3, -0.25) is 4.98 Å². The van der Waals surface area contributed by atoms with E-state index >= 15 is 0 Å². The third-order valence-electron chi connectivity index (χ3n) is 3.52. The van der Waals surface area contributed by atoms with Crippen molar-refractivity contribution < 1.29 is 0 Å². The quantitative estimate of drug-likeness (QED) is 0.776. The van der Waals surface area contributed by atoms with Crippen LogP contribution in [0, 0.1) is 6.92 Å². The monoisotopic (exact) mass is 190 g/mol. The lowest BCUT2D eigenvalue weighted by molar-refractivity contribution is 0.390. The summed E-state index contributed by atoms with van der Waals surface area (Å²) in [6.45, 7) is 6.37. The van der Waals surface area contributed by atoms with Gasteiger partial charge in [-0.2, -0.15) is 0 Å². The molecular formula is C12H18N2. The summed E-state index contributed by atoms with van der Waals surface area (Å²) in [6, 6.07) is 2.12. The van der Waals surface area contributed by atoms with E-state index in [4.69, 9.17) is 5.73 Å². The summed E-state index contributed by atoms with van der Waals surface area (Å²) in [5, 5.41) is 0. The van der Waals surface area contributed by atoms with Crippen LogP contribution in [0.25, 0.3) is 0 Å². The third kappa shape index (κ3) is 1.25. The Labute approximate surface area is 85.5 Å². The molecular weight excluding hydrogens is 172 g/mol. The van der Waals surface area contributed by atoms with E-state index in [1.807, 2.05) is 12.4 Å². The maximum atomic E-state index is 6.26.